The monoisotopic (exact) mass is 475 g/mol. The van der Waals surface area contributed by atoms with Crippen LogP contribution >= 0.6 is 11.6 Å². The van der Waals surface area contributed by atoms with Crippen LogP contribution < -0.4 is 10.3 Å². The highest BCUT2D eigenvalue weighted by Crippen LogP contribution is 2.30. The summed E-state index contributed by atoms with van der Waals surface area (Å²) in [4.78, 5) is 25.1. The lowest BCUT2D eigenvalue weighted by molar-refractivity contribution is 0.307. The zero-order valence-corrected chi connectivity index (χ0v) is 18.9. The molecule has 0 atom stereocenters. The quantitative estimate of drug-likeness (QED) is 0.355. The molecule has 0 N–H and O–H groups in total. The molecule has 0 bridgehead atoms. The Morgan fingerprint density at radius 2 is 2.00 bits per heavy atom. The van der Waals surface area contributed by atoms with Crippen LogP contribution in [0.3, 0.4) is 0 Å². The SMILES string of the molecule is Cc1cc(-n2ccnc2)c2cccc(OCc3c(Cl)cncc3Cn3cccc(F)c3=O)c2n1. The Balaban J connectivity index is 1.50. The van der Waals surface area contributed by atoms with Crippen molar-refractivity contribution in [3.8, 4) is 11.4 Å². The van der Waals surface area contributed by atoms with Crippen LogP contribution in [0.5, 0.6) is 5.75 Å². The molecule has 4 heterocycles. The number of nitrogens with zero attached hydrogens (tertiary/aromatic N) is 5. The number of pyridine rings is 3. The molecule has 7 nitrogen and oxygen atoms in total. The number of halogens is 2. The number of aryl methyl sites for hydroxylation is 1. The Kier molecular flexibility index (Phi) is 5.81. The fourth-order valence-electron chi connectivity index (χ4n) is 3.83. The third kappa shape index (κ3) is 4.15. The summed E-state index contributed by atoms with van der Waals surface area (Å²) in [6, 6.07) is 10.3. The number of hydrogen-bond donors (Lipinski definition) is 0. The molecule has 0 radical (unpaired) electrons. The van der Waals surface area contributed by atoms with Crippen LogP contribution in [0, 0.1) is 12.7 Å². The number of rotatable bonds is 6. The smallest absolute Gasteiger partial charge is 0.286 e. The van der Waals surface area contributed by atoms with Crippen LogP contribution in [0.15, 0.2) is 78.5 Å². The summed E-state index contributed by atoms with van der Waals surface area (Å²) in [7, 11) is 0. The first-order valence-corrected chi connectivity index (χ1v) is 10.9. The topological polar surface area (TPSA) is 74.8 Å². The van der Waals surface area contributed by atoms with E-state index in [9.17, 15) is 9.18 Å². The van der Waals surface area contributed by atoms with E-state index in [1.807, 2.05) is 42.0 Å². The summed E-state index contributed by atoms with van der Waals surface area (Å²) in [5.74, 6) is -0.231. The molecule has 0 aliphatic carbocycles. The number of benzene rings is 1. The average Bonchev–Trinajstić information content (AvgIpc) is 3.36. The highest BCUT2D eigenvalue weighted by molar-refractivity contribution is 6.31. The van der Waals surface area contributed by atoms with Gasteiger partial charge in [-0.15, -0.1) is 0 Å². The van der Waals surface area contributed by atoms with Gasteiger partial charge in [0.25, 0.3) is 5.56 Å². The Hall–Kier alpha value is -4.04. The van der Waals surface area contributed by atoms with Crippen LogP contribution in [-0.2, 0) is 13.2 Å². The molecule has 0 amide bonds. The fourth-order valence-corrected chi connectivity index (χ4v) is 4.06. The molecule has 0 unspecified atom stereocenters. The summed E-state index contributed by atoms with van der Waals surface area (Å²) >= 11 is 6.44. The van der Waals surface area contributed by atoms with Gasteiger partial charge in [-0.25, -0.2) is 14.4 Å². The Labute approximate surface area is 199 Å². The van der Waals surface area contributed by atoms with Gasteiger partial charge in [0.15, 0.2) is 5.82 Å². The van der Waals surface area contributed by atoms with Crippen LogP contribution in [0.1, 0.15) is 16.8 Å². The van der Waals surface area contributed by atoms with Crippen LogP contribution in [0.4, 0.5) is 4.39 Å². The van der Waals surface area contributed by atoms with Crippen molar-refractivity contribution in [1.29, 1.82) is 0 Å². The minimum atomic E-state index is -0.818. The van der Waals surface area contributed by atoms with E-state index < -0.39 is 11.4 Å². The summed E-state index contributed by atoms with van der Waals surface area (Å²) in [6.07, 6.45) is 9.97. The predicted octanol–water partition coefficient (Wildman–Crippen LogP) is 4.71. The highest BCUT2D eigenvalue weighted by atomic mass is 35.5. The molecule has 0 spiro atoms. The maximum atomic E-state index is 13.7. The van der Waals surface area contributed by atoms with Crippen molar-refractivity contribution in [2.45, 2.75) is 20.1 Å². The van der Waals surface area contributed by atoms with Gasteiger partial charge in [0.2, 0.25) is 0 Å². The van der Waals surface area contributed by atoms with Gasteiger partial charge in [0.05, 0.1) is 23.6 Å². The Morgan fingerprint density at radius 3 is 2.82 bits per heavy atom. The molecule has 0 fully saturated rings. The van der Waals surface area contributed by atoms with Crippen molar-refractivity contribution >= 4 is 22.5 Å². The molecule has 34 heavy (non-hydrogen) atoms. The molecule has 0 saturated carbocycles. The van der Waals surface area contributed by atoms with Crippen LogP contribution in [0.2, 0.25) is 5.02 Å². The van der Waals surface area contributed by atoms with Gasteiger partial charge in [0, 0.05) is 47.6 Å². The van der Waals surface area contributed by atoms with Crippen LogP contribution in [-0.4, -0.2) is 24.1 Å². The van der Waals surface area contributed by atoms with E-state index in [4.69, 9.17) is 21.3 Å². The minimum absolute atomic E-state index is 0.112. The lowest BCUT2D eigenvalue weighted by Gasteiger charge is -2.15. The molecule has 5 rings (SSSR count). The van der Waals surface area contributed by atoms with Crippen molar-refractivity contribution in [3.63, 3.8) is 0 Å². The number of imidazole rings is 1. The third-order valence-corrected chi connectivity index (χ3v) is 5.80. The van der Waals surface area contributed by atoms with Crippen molar-refractivity contribution in [3.05, 3.63) is 112 Å². The van der Waals surface area contributed by atoms with Gasteiger partial charge >= 0.3 is 0 Å². The lowest BCUT2D eigenvalue weighted by Crippen LogP contribution is -2.23. The Morgan fingerprint density at radius 1 is 1.12 bits per heavy atom. The molecular formula is C25H19ClFN5O2. The first-order valence-electron chi connectivity index (χ1n) is 10.5. The highest BCUT2D eigenvalue weighted by Gasteiger charge is 2.14. The first kappa shape index (κ1) is 21.8. The van der Waals surface area contributed by atoms with E-state index in [1.165, 1.54) is 23.0 Å². The van der Waals surface area contributed by atoms with Crippen molar-refractivity contribution in [2.75, 3.05) is 0 Å². The fraction of sp³-hybridized carbons (Fsp3) is 0.120. The van der Waals surface area contributed by atoms with E-state index in [2.05, 4.69) is 9.97 Å². The standard InChI is InChI=1S/C25H19ClFN5O2/c1-16-10-22(32-9-7-28-15-32)18-4-2-6-23(24(18)30-16)34-14-19-17(11-29-12-20(19)26)13-31-8-3-5-21(27)25(31)33/h2-12,15H,13-14H2,1H3. The first-order chi connectivity index (χ1) is 16.5. The van der Waals surface area contributed by atoms with Crippen molar-refractivity contribution in [2.24, 2.45) is 0 Å². The van der Waals surface area contributed by atoms with E-state index in [0.29, 0.717) is 27.4 Å². The van der Waals surface area contributed by atoms with Gasteiger partial charge in [-0.05, 0) is 36.8 Å². The van der Waals surface area contributed by atoms with E-state index in [1.54, 1.807) is 18.7 Å². The maximum absolute atomic E-state index is 13.7. The van der Waals surface area contributed by atoms with E-state index >= 15 is 0 Å². The molecule has 5 aromatic rings. The van der Waals surface area contributed by atoms with Gasteiger partial charge in [0.1, 0.15) is 17.9 Å². The number of fused-ring (bicyclic) bond motifs is 1. The molecule has 1 aromatic carbocycles. The molecular weight excluding hydrogens is 457 g/mol. The summed E-state index contributed by atoms with van der Waals surface area (Å²) in [5.41, 5.74) is 3.09. The van der Waals surface area contributed by atoms with Crippen molar-refractivity contribution < 1.29 is 9.13 Å². The second-order valence-electron chi connectivity index (χ2n) is 7.74. The summed E-state index contributed by atoms with van der Waals surface area (Å²) in [6.45, 7) is 2.15. The zero-order valence-electron chi connectivity index (χ0n) is 18.2. The lowest BCUT2D eigenvalue weighted by atomic mass is 10.1. The molecule has 0 aliphatic rings. The second-order valence-corrected chi connectivity index (χ2v) is 8.15. The Bertz CT molecular complexity index is 1550. The molecule has 9 heteroatoms. The predicted molar refractivity (Wildman–Crippen MR) is 127 cm³/mol. The number of hydrogen-bond acceptors (Lipinski definition) is 5. The minimum Gasteiger partial charge on any atom is -0.487 e. The van der Waals surface area contributed by atoms with E-state index in [0.717, 1.165) is 22.8 Å². The molecule has 0 saturated heterocycles. The van der Waals surface area contributed by atoms with Crippen LogP contribution in [0.25, 0.3) is 16.6 Å². The average molecular weight is 476 g/mol. The molecule has 170 valence electrons. The van der Waals surface area contributed by atoms with Gasteiger partial charge in [-0.2, -0.15) is 0 Å². The second kappa shape index (κ2) is 9.07. The van der Waals surface area contributed by atoms with Gasteiger partial charge < -0.3 is 13.9 Å². The van der Waals surface area contributed by atoms with Gasteiger partial charge in [-0.3, -0.25) is 9.78 Å². The number of para-hydroxylation sites is 1. The van der Waals surface area contributed by atoms with E-state index in [-0.39, 0.29) is 13.2 Å². The third-order valence-electron chi connectivity index (χ3n) is 5.47. The number of aromatic nitrogens is 5. The largest absolute Gasteiger partial charge is 0.487 e. The van der Waals surface area contributed by atoms with Gasteiger partial charge in [-0.1, -0.05) is 23.7 Å². The maximum Gasteiger partial charge on any atom is 0.286 e. The molecule has 4 aromatic heterocycles. The normalized spacial score (nSPS) is 11.1. The summed E-state index contributed by atoms with van der Waals surface area (Å²) < 4.78 is 23.1. The number of ether oxygens (including phenoxy) is 1. The van der Waals surface area contributed by atoms with Crippen molar-refractivity contribution in [1.82, 2.24) is 24.1 Å². The summed E-state index contributed by atoms with van der Waals surface area (Å²) in [5, 5.41) is 1.30. The molecule has 0 aliphatic heterocycles. The zero-order chi connectivity index (χ0) is 23.7.